The van der Waals surface area contributed by atoms with Gasteiger partial charge in [0, 0.05) is 24.0 Å². The summed E-state index contributed by atoms with van der Waals surface area (Å²) in [7, 11) is 0. The number of allylic oxidation sites excluding steroid dienone is 2. The second kappa shape index (κ2) is 9.17. The van der Waals surface area contributed by atoms with Gasteiger partial charge in [0.05, 0.1) is 6.04 Å². The van der Waals surface area contributed by atoms with Crippen LogP contribution in [0.25, 0.3) is 0 Å². The van der Waals surface area contributed by atoms with Crippen molar-refractivity contribution in [2.24, 2.45) is 22.2 Å². The van der Waals surface area contributed by atoms with Crippen LogP contribution in [0, 0.1) is 17.3 Å². The summed E-state index contributed by atoms with van der Waals surface area (Å²) in [6.45, 7) is 7.45. The van der Waals surface area contributed by atoms with Gasteiger partial charge in [0.2, 0.25) is 11.8 Å². The summed E-state index contributed by atoms with van der Waals surface area (Å²) in [6.07, 6.45) is 11.3. The lowest BCUT2D eigenvalue weighted by Crippen LogP contribution is -2.54. The predicted octanol–water partition coefficient (Wildman–Crippen LogP) is 2.09. The van der Waals surface area contributed by atoms with Crippen LogP contribution in [-0.4, -0.2) is 47.2 Å². The summed E-state index contributed by atoms with van der Waals surface area (Å²) in [4.78, 5) is 41.1. The first-order valence-corrected chi connectivity index (χ1v) is 9.90. The van der Waals surface area contributed by atoms with E-state index in [1.165, 1.54) is 0 Å². The molecule has 2 rings (SSSR count). The average molecular weight is 389 g/mol. The van der Waals surface area contributed by atoms with Crippen molar-refractivity contribution >= 4 is 24.0 Å². The van der Waals surface area contributed by atoms with Gasteiger partial charge in [-0.25, -0.2) is 4.79 Å². The Kier molecular flexibility index (Phi) is 7.16. The van der Waals surface area contributed by atoms with E-state index in [4.69, 9.17) is 0 Å². The van der Waals surface area contributed by atoms with E-state index in [9.17, 15) is 19.5 Å². The zero-order valence-electron chi connectivity index (χ0n) is 17.0. The Labute approximate surface area is 166 Å². The van der Waals surface area contributed by atoms with E-state index in [0.717, 1.165) is 0 Å². The van der Waals surface area contributed by atoms with E-state index in [1.807, 2.05) is 31.4 Å². The molecule has 5 atom stereocenters. The number of amides is 2. The topological polar surface area (TPSA) is 108 Å². The van der Waals surface area contributed by atoms with Gasteiger partial charge in [-0.2, -0.15) is 0 Å². The maximum Gasteiger partial charge on any atom is 0.326 e. The maximum absolute atomic E-state index is 12.9. The van der Waals surface area contributed by atoms with Gasteiger partial charge in [-0.05, 0) is 18.8 Å². The molecule has 2 aliphatic rings. The summed E-state index contributed by atoms with van der Waals surface area (Å²) in [6, 6.07) is -1.80. The van der Waals surface area contributed by atoms with Crippen LogP contribution in [-0.2, 0) is 14.4 Å². The Balaban J connectivity index is 2.17. The van der Waals surface area contributed by atoms with E-state index < -0.39 is 24.0 Å². The van der Waals surface area contributed by atoms with Crippen LogP contribution >= 0.6 is 0 Å². The molecular formula is C21H31N3O4. The number of hydrogen-bond donors (Lipinski definition) is 3. The van der Waals surface area contributed by atoms with Crippen molar-refractivity contribution in [3.63, 3.8) is 0 Å². The minimum atomic E-state index is -1.09. The third-order valence-electron chi connectivity index (χ3n) is 5.57. The molecule has 7 nitrogen and oxygen atoms in total. The highest BCUT2D eigenvalue weighted by atomic mass is 16.4. The fourth-order valence-corrected chi connectivity index (χ4v) is 3.71. The molecule has 0 fully saturated rings. The molecule has 0 saturated heterocycles. The van der Waals surface area contributed by atoms with E-state index in [1.54, 1.807) is 13.8 Å². The minimum absolute atomic E-state index is 0.0139. The zero-order chi connectivity index (χ0) is 20.9. The van der Waals surface area contributed by atoms with Crippen LogP contribution in [0.2, 0.25) is 0 Å². The predicted molar refractivity (Wildman–Crippen MR) is 108 cm³/mol. The second-order valence-corrected chi connectivity index (χ2v) is 8.13. The highest BCUT2D eigenvalue weighted by molar-refractivity contribution is 5.90. The molecule has 5 unspecified atom stereocenters. The van der Waals surface area contributed by atoms with Crippen LogP contribution in [0.5, 0.6) is 0 Å². The molecule has 7 heteroatoms. The monoisotopic (exact) mass is 389 g/mol. The van der Waals surface area contributed by atoms with Gasteiger partial charge in [-0.3, -0.25) is 14.6 Å². The van der Waals surface area contributed by atoms with Gasteiger partial charge >= 0.3 is 5.97 Å². The molecule has 2 amide bonds. The molecule has 0 saturated carbocycles. The molecule has 1 heterocycles. The third kappa shape index (κ3) is 4.88. The maximum atomic E-state index is 12.9. The summed E-state index contributed by atoms with van der Waals surface area (Å²) in [5.74, 6) is -2.08. The normalized spacial score (nSPS) is 27.3. The smallest absolute Gasteiger partial charge is 0.326 e. The lowest BCUT2D eigenvalue weighted by molar-refractivity contribution is -0.143. The summed E-state index contributed by atoms with van der Waals surface area (Å²) in [5, 5.41) is 14.8. The summed E-state index contributed by atoms with van der Waals surface area (Å²) < 4.78 is 0. The number of hydrogen-bond acceptors (Lipinski definition) is 4. The third-order valence-corrected chi connectivity index (χ3v) is 5.57. The molecular weight excluding hydrogens is 358 g/mol. The first-order chi connectivity index (χ1) is 13.2. The van der Waals surface area contributed by atoms with Crippen LogP contribution in [0.15, 0.2) is 29.3 Å². The van der Waals surface area contributed by atoms with Crippen molar-refractivity contribution in [2.75, 3.05) is 0 Å². The highest BCUT2D eigenvalue weighted by Crippen LogP contribution is 2.43. The van der Waals surface area contributed by atoms with Gasteiger partial charge in [-0.1, -0.05) is 52.0 Å². The molecule has 0 aromatic rings. The van der Waals surface area contributed by atoms with Crippen LogP contribution in [0.4, 0.5) is 0 Å². The van der Waals surface area contributed by atoms with Gasteiger partial charge < -0.3 is 15.7 Å². The average Bonchev–Trinajstić information content (AvgIpc) is 2.95. The lowest BCUT2D eigenvalue weighted by atomic mass is 9.70. The Morgan fingerprint density at radius 1 is 1.21 bits per heavy atom. The zero-order valence-corrected chi connectivity index (χ0v) is 17.0. The molecule has 3 N–H and O–H groups in total. The van der Waals surface area contributed by atoms with E-state index >= 15 is 0 Å². The first kappa shape index (κ1) is 21.9. The van der Waals surface area contributed by atoms with Crippen LogP contribution < -0.4 is 10.6 Å². The van der Waals surface area contributed by atoms with Crippen LogP contribution in [0.3, 0.4) is 0 Å². The number of carbonyl (C=O) groups is 3. The molecule has 1 aliphatic carbocycles. The summed E-state index contributed by atoms with van der Waals surface area (Å²) in [5.41, 5.74) is -0.257. The van der Waals surface area contributed by atoms with Crippen molar-refractivity contribution in [3.05, 3.63) is 24.3 Å². The minimum Gasteiger partial charge on any atom is -0.480 e. The SMILES string of the molecule is CCCC(=O)NC(CC1C=NC2C=CC=CC12C)C(=O)NC(C(=O)O)C(C)C. The number of aliphatic imine (C=N–C) groups is 1. The van der Waals surface area contributed by atoms with Gasteiger partial charge in [0.25, 0.3) is 0 Å². The van der Waals surface area contributed by atoms with Crippen molar-refractivity contribution in [1.29, 1.82) is 0 Å². The number of aliphatic carboxylic acids is 1. The standard InChI is InChI=1S/C21H31N3O4/c1-5-8-17(25)23-15(19(26)24-18(13(2)3)20(27)28)11-14-12-22-16-9-6-7-10-21(14,16)4/h6-7,9-10,12-16,18H,5,8,11H2,1-4H3,(H,23,25)(H,24,26)(H,27,28). The molecule has 28 heavy (non-hydrogen) atoms. The molecule has 154 valence electrons. The van der Waals surface area contributed by atoms with Crippen molar-refractivity contribution < 1.29 is 19.5 Å². The Hall–Kier alpha value is -2.44. The number of nitrogens with one attached hydrogen (secondary N) is 2. The Morgan fingerprint density at radius 3 is 2.54 bits per heavy atom. The Morgan fingerprint density at radius 2 is 1.93 bits per heavy atom. The molecule has 0 radical (unpaired) electrons. The fourth-order valence-electron chi connectivity index (χ4n) is 3.71. The highest BCUT2D eigenvalue weighted by Gasteiger charge is 2.44. The molecule has 0 aromatic carbocycles. The number of fused-ring (bicyclic) bond motifs is 1. The van der Waals surface area contributed by atoms with E-state index in [0.29, 0.717) is 19.3 Å². The van der Waals surface area contributed by atoms with E-state index in [-0.39, 0.29) is 29.2 Å². The van der Waals surface area contributed by atoms with Gasteiger partial charge in [0.1, 0.15) is 12.1 Å². The number of carbonyl (C=O) groups excluding carboxylic acids is 2. The van der Waals surface area contributed by atoms with Gasteiger partial charge in [-0.15, -0.1) is 0 Å². The fraction of sp³-hybridized carbons (Fsp3) is 0.619. The molecule has 0 spiro atoms. The van der Waals surface area contributed by atoms with Gasteiger partial charge in [0.15, 0.2) is 0 Å². The lowest BCUT2D eigenvalue weighted by Gasteiger charge is -2.35. The van der Waals surface area contributed by atoms with E-state index in [2.05, 4.69) is 28.6 Å². The molecule has 0 bridgehead atoms. The quantitative estimate of drug-likeness (QED) is 0.561. The summed E-state index contributed by atoms with van der Waals surface area (Å²) >= 11 is 0. The molecule has 0 aromatic heterocycles. The van der Waals surface area contributed by atoms with Crippen molar-refractivity contribution in [1.82, 2.24) is 10.6 Å². The second-order valence-electron chi connectivity index (χ2n) is 8.13. The van der Waals surface area contributed by atoms with Crippen molar-refractivity contribution in [2.45, 2.75) is 65.1 Å². The largest absolute Gasteiger partial charge is 0.480 e. The number of rotatable bonds is 9. The number of carboxylic acid groups (broad SMARTS) is 1. The molecule has 1 aliphatic heterocycles. The number of nitrogens with zero attached hydrogens (tertiary/aromatic N) is 1. The van der Waals surface area contributed by atoms with Crippen LogP contribution in [0.1, 0.15) is 47.0 Å². The number of carboxylic acids is 1. The van der Waals surface area contributed by atoms with Crippen molar-refractivity contribution in [3.8, 4) is 0 Å². The Bertz CT molecular complexity index is 698. The first-order valence-electron chi connectivity index (χ1n) is 9.90.